The smallest absolute Gasteiger partial charge is 0.0830 e. The molecule has 0 saturated heterocycles. The molecule has 13 heavy (non-hydrogen) atoms. The van der Waals surface area contributed by atoms with Crippen LogP contribution in [0.2, 0.25) is 0 Å². The van der Waals surface area contributed by atoms with Crippen molar-refractivity contribution < 1.29 is 5.11 Å². The zero-order chi connectivity index (χ0) is 9.91. The zero-order valence-corrected chi connectivity index (χ0v) is 8.93. The van der Waals surface area contributed by atoms with Crippen LogP contribution in [0.1, 0.15) is 40.0 Å². The Labute approximate surface area is 80.5 Å². The van der Waals surface area contributed by atoms with E-state index in [4.69, 9.17) is 5.73 Å². The van der Waals surface area contributed by atoms with E-state index in [0.29, 0.717) is 12.5 Å². The van der Waals surface area contributed by atoms with E-state index in [1.54, 1.807) is 0 Å². The third-order valence-corrected chi connectivity index (χ3v) is 5.38. The summed E-state index contributed by atoms with van der Waals surface area (Å²) in [6.45, 7) is 7.22. The second-order valence-electron chi connectivity index (χ2n) is 5.73. The third-order valence-electron chi connectivity index (χ3n) is 5.38. The van der Waals surface area contributed by atoms with Crippen molar-refractivity contribution in [1.82, 2.24) is 0 Å². The third kappa shape index (κ3) is 0.816. The summed E-state index contributed by atoms with van der Waals surface area (Å²) in [7, 11) is 0. The highest BCUT2D eigenvalue weighted by atomic mass is 16.3. The van der Waals surface area contributed by atoms with Crippen LogP contribution in [-0.2, 0) is 0 Å². The van der Waals surface area contributed by atoms with Gasteiger partial charge in [0, 0.05) is 12.0 Å². The van der Waals surface area contributed by atoms with Gasteiger partial charge in [-0.2, -0.15) is 0 Å². The van der Waals surface area contributed by atoms with Gasteiger partial charge in [-0.15, -0.1) is 0 Å². The van der Waals surface area contributed by atoms with E-state index in [2.05, 4.69) is 20.8 Å². The minimum absolute atomic E-state index is 0.0411. The maximum absolute atomic E-state index is 10.5. The molecule has 76 valence electrons. The standard InChI is InChI=1S/C11H21NO/c1-9(2)8-4-5-10(9,3)11(13,6-8)7-12/h8,13H,4-7,12H2,1-3H3/t8?,10-,11+/m1/s1. The first-order chi connectivity index (χ1) is 5.87. The van der Waals surface area contributed by atoms with Gasteiger partial charge in [0.05, 0.1) is 5.60 Å². The van der Waals surface area contributed by atoms with Crippen molar-refractivity contribution >= 4 is 0 Å². The highest BCUT2D eigenvalue weighted by Gasteiger charge is 2.67. The molecule has 0 radical (unpaired) electrons. The fourth-order valence-electron chi connectivity index (χ4n) is 3.73. The Morgan fingerprint density at radius 1 is 1.38 bits per heavy atom. The Bertz CT molecular complexity index is 238. The molecule has 0 aromatic rings. The number of nitrogens with two attached hydrogens (primary N) is 1. The normalized spacial score (nSPS) is 52.8. The van der Waals surface area contributed by atoms with Crippen molar-refractivity contribution in [3.05, 3.63) is 0 Å². The Kier molecular flexibility index (Phi) is 1.67. The molecule has 2 nitrogen and oxygen atoms in total. The summed E-state index contributed by atoms with van der Waals surface area (Å²) in [5, 5.41) is 10.5. The minimum Gasteiger partial charge on any atom is -0.388 e. The molecule has 0 aromatic carbocycles. The second-order valence-corrected chi connectivity index (χ2v) is 5.73. The van der Waals surface area contributed by atoms with Gasteiger partial charge in [0.2, 0.25) is 0 Å². The first kappa shape index (κ1) is 9.47. The molecule has 3 atom stereocenters. The van der Waals surface area contributed by atoms with Gasteiger partial charge in [0.15, 0.2) is 0 Å². The van der Waals surface area contributed by atoms with Gasteiger partial charge >= 0.3 is 0 Å². The van der Waals surface area contributed by atoms with E-state index < -0.39 is 5.60 Å². The molecule has 0 aromatic heterocycles. The topological polar surface area (TPSA) is 46.2 Å². The summed E-state index contributed by atoms with van der Waals surface area (Å²) < 4.78 is 0. The fraction of sp³-hybridized carbons (Fsp3) is 1.00. The maximum Gasteiger partial charge on any atom is 0.0830 e. The molecule has 0 aliphatic heterocycles. The molecule has 2 heteroatoms. The highest BCUT2D eigenvalue weighted by Crippen LogP contribution is 2.69. The molecular formula is C11H21NO. The molecule has 0 spiro atoms. The van der Waals surface area contributed by atoms with Crippen molar-refractivity contribution in [1.29, 1.82) is 0 Å². The van der Waals surface area contributed by atoms with Crippen molar-refractivity contribution in [2.45, 2.75) is 45.6 Å². The molecule has 2 bridgehead atoms. The molecule has 2 saturated carbocycles. The van der Waals surface area contributed by atoms with Crippen LogP contribution in [0.15, 0.2) is 0 Å². The number of fused-ring (bicyclic) bond motifs is 2. The summed E-state index contributed by atoms with van der Waals surface area (Å²) >= 11 is 0. The lowest BCUT2D eigenvalue weighted by Crippen LogP contribution is -2.52. The Morgan fingerprint density at radius 2 is 2.00 bits per heavy atom. The predicted molar refractivity (Wildman–Crippen MR) is 53.2 cm³/mol. The molecule has 2 fully saturated rings. The molecule has 1 unspecified atom stereocenters. The van der Waals surface area contributed by atoms with Crippen molar-refractivity contribution in [3.8, 4) is 0 Å². The van der Waals surface area contributed by atoms with Crippen LogP contribution in [0.3, 0.4) is 0 Å². The summed E-state index contributed by atoms with van der Waals surface area (Å²) in [5.41, 5.74) is 5.42. The van der Waals surface area contributed by atoms with Crippen LogP contribution < -0.4 is 5.73 Å². The van der Waals surface area contributed by atoms with Gasteiger partial charge in [-0.25, -0.2) is 0 Å². The van der Waals surface area contributed by atoms with Gasteiger partial charge in [0.1, 0.15) is 0 Å². The van der Waals surface area contributed by atoms with E-state index in [-0.39, 0.29) is 10.8 Å². The summed E-state index contributed by atoms with van der Waals surface area (Å²) in [6.07, 6.45) is 3.32. The van der Waals surface area contributed by atoms with Gasteiger partial charge < -0.3 is 10.8 Å². The average molecular weight is 183 g/mol. The van der Waals surface area contributed by atoms with E-state index in [1.165, 1.54) is 6.42 Å². The van der Waals surface area contributed by atoms with E-state index >= 15 is 0 Å². The largest absolute Gasteiger partial charge is 0.388 e. The van der Waals surface area contributed by atoms with Crippen LogP contribution in [0.25, 0.3) is 0 Å². The summed E-state index contributed by atoms with van der Waals surface area (Å²) in [4.78, 5) is 0. The van der Waals surface area contributed by atoms with Crippen LogP contribution in [-0.4, -0.2) is 17.3 Å². The van der Waals surface area contributed by atoms with Crippen LogP contribution in [0.4, 0.5) is 0 Å². The monoisotopic (exact) mass is 183 g/mol. The fourth-order valence-corrected chi connectivity index (χ4v) is 3.73. The van der Waals surface area contributed by atoms with Gasteiger partial charge in [0.25, 0.3) is 0 Å². The molecule has 2 rings (SSSR count). The van der Waals surface area contributed by atoms with Gasteiger partial charge in [-0.1, -0.05) is 20.8 Å². The molecule has 0 heterocycles. The molecule has 2 aliphatic rings. The second kappa shape index (κ2) is 2.29. The molecule has 0 amide bonds. The first-order valence-corrected chi connectivity index (χ1v) is 5.30. The lowest BCUT2D eigenvalue weighted by Gasteiger charge is -2.44. The number of hydrogen-bond acceptors (Lipinski definition) is 2. The SMILES string of the molecule is CC1(C)C2CC[C@@]1(C)[C@@](O)(CN)C2. The lowest BCUT2D eigenvalue weighted by atomic mass is 9.64. The molecular weight excluding hydrogens is 162 g/mol. The van der Waals surface area contributed by atoms with Gasteiger partial charge in [-0.05, 0) is 30.6 Å². The Balaban J connectivity index is 2.44. The maximum atomic E-state index is 10.5. The summed E-state index contributed by atoms with van der Waals surface area (Å²) in [5.74, 6) is 0.672. The van der Waals surface area contributed by atoms with Crippen LogP contribution in [0, 0.1) is 16.7 Å². The van der Waals surface area contributed by atoms with E-state index in [9.17, 15) is 5.11 Å². The van der Waals surface area contributed by atoms with Crippen molar-refractivity contribution in [2.75, 3.05) is 6.54 Å². The Morgan fingerprint density at radius 3 is 2.23 bits per heavy atom. The van der Waals surface area contributed by atoms with Crippen LogP contribution >= 0.6 is 0 Å². The molecule has 3 N–H and O–H groups in total. The minimum atomic E-state index is -0.598. The zero-order valence-electron chi connectivity index (χ0n) is 8.93. The Hall–Kier alpha value is -0.0800. The highest BCUT2D eigenvalue weighted by molar-refractivity contribution is 5.18. The van der Waals surface area contributed by atoms with E-state index in [1.807, 2.05) is 0 Å². The first-order valence-electron chi connectivity index (χ1n) is 5.30. The van der Waals surface area contributed by atoms with Crippen LogP contribution in [0.5, 0.6) is 0 Å². The number of rotatable bonds is 1. The number of hydrogen-bond donors (Lipinski definition) is 2. The van der Waals surface area contributed by atoms with Crippen molar-refractivity contribution in [3.63, 3.8) is 0 Å². The molecule has 2 aliphatic carbocycles. The van der Waals surface area contributed by atoms with Gasteiger partial charge in [-0.3, -0.25) is 0 Å². The average Bonchev–Trinajstić information content (AvgIpc) is 2.36. The quantitative estimate of drug-likeness (QED) is 0.647. The van der Waals surface area contributed by atoms with E-state index in [0.717, 1.165) is 12.8 Å². The van der Waals surface area contributed by atoms with Crippen molar-refractivity contribution in [2.24, 2.45) is 22.5 Å². The number of aliphatic hydroxyl groups is 1. The predicted octanol–water partition coefficient (Wildman–Crippen LogP) is 1.52. The summed E-state index contributed by atoms with van der Waals surface area (Å²) in [6, 6.07) is 0. The lowest BCUT2D eigenvalue weighted by molar-refractivity contribution is -0.0816.